The van der Waals surface area contributed by atoms with Crippen LogP contribution in [0.3, 0.4) is 0 Å². The molecule has 1 heterocycles. The topological polar surface area (TPSA) is 84.0 Å². The van der Waals surface area contributed by atoms with Crippen LogP contribution < -0.4 is 16.4 Å². The predicted molar refractivity (Wildman–Crippen MR) is 102 cm³/mol. The van der Waals surface area contributed by atoms with Crippen molar-refractivity contribution in [3.63, 3.8) is 0 Å². The smallest absolute Gasteiger partial charge is 0.316 e. The quantitative estimate of drug-likeness (QED) is 0.692. The fourth-order valence-corrected chi connectivity index (χ4v) is 2.98. The van der Waals surface area contributed by atoms with Crippen molar-refractivity contribution < 1.29 is 4.79 Å². The van der Waals surface area contributed by atoms with Crippen molar-refractivity contribution in [1.29, 1.82) is 0 Å². The van der Waals surface area contributed by atoms with Gasteiger partial charge >= 0.3 is 11.1 Å². The van der Waals surface area contributed by atoms with Crippen LogP contribution in [0.5, 0.6) is 0 Å². The Kier molecular flexibility index (Phi) is 4.95. The van der Waals surface area contributed by atoms with Crippen molar-refractivity contribution >= 4 is 28.5 Å². The Labute approximate surface area is 154 Å². The van der Waals surface area contributed by atoms with Gasteiger partial charge in [0.05, 0.1) is 17.1 Å². The normalized spacial score (nSPS) is 12.1. The van der Waals surface area contributed by atoms with Crippen molar-refractivity contribution in [1.82, 2.24) is 14.9 Å². The fraction of sp³-hybridized carbons (Fsp3) is 0.211. The van der Waals surface area contributed by atoms with Crippen LogP contribution in [-0.4, -0.2) is 15.5 Å². The molecule has 0 saturated heterocycles. The second-order valence-corrected chi connectivity index (χ2v) is 6.42. The highest BCUT2D eigenvalue weighted by Gasteiger charge is 2.14. The first-order valence-electron chi connectivity index (χ1n) is 8.24. The molecule has 26 heavy (non-hydrogen) atoms. The molecule has 0 aliphatic carbocycles. The van der Waals surface area contributed by atoms with E-state index in [4.69, 9.17) is 11.6 Å². The third-order valence-electron chi connectivity index (χ3n) is 4.27. The van der Waals surface area contributed by atoms with Crippen molar-refractivity contribution in [2.75, 3.05) is 0 Å². The standard InChI is InChI=1S/C19H18ClN3O3/c1-3-23-16-9-6-13(10-15(16)22-18(25)19(23)26)17(24)21-11(2)12-4-7-14(20)8-5-12/h4-11H,3H2,1-2H3,(H,21,24)(H,22,25). The van der Waals surface area contributed by atoms with Crippen molar-refractivity contribution in [3.8, 4) is 0 Å². The molecule has 1 atom stereocenters. The number of halogens is 1. The number of aromatic amines is 1. The summed E-state index contributed by atoms with van der Waals surface area (Å²) >= 11 is 5.88. The number of rotatable bonds is 4. The fourth-order valence-electron chi connectivity index (χ4n) is 2.85. The van der Waals surface area contributed by atoms with Gasteiger partial charge in [-0.15, -0.1) is 0 Å². The lowest BCUT2D eigenvalue weighted by atomic mass is 10.1. The minimum Gasteiger partial charge on any atom is -0.346 e. The SMILES string of the molecule is CCn1c(=O)c(=O)[nH]c2cc(C(=O)NC(C)c3ccc(Cl)cc3)ccc21. The van der Waals surface area contributed by atoms with E-state index in [0.717, 1.165) is 5.56 Å². The second-order valence-electron chi connectivity index (χ2n) is 5.98. The van der Waals surface area contributed by atoms with Gasteiger partial charge in [-0.3, -0.25) is 14.4 Å². The van der Waals surface area contributed by atoms with Gasteiger partial charge in [-0.1, -0.05) is 23.7 Å². The van der Waals surface area contributed by atoms with Gasteiger partial charge in [-0.2, -0.15) is 0 Å². The van der Waals surface area contributed by atoms with Crippen LogP contribution in [0.2, 0.25) is 5.02 Å². The number of nitrogens with zero attached hydrogens (tertiary/aromatic N) is 1. The number of hydrogen-bond acceptors (Lipinski definition) is 3. The number of aryl methyl sites for hydroxylation is 1. The van der Waals surface area contributed by atoms with Gasteiger partial charge in [0, 0.05) is 17.1 Å². The first-order chi connectivity index (χ1) is 12.4. The molecule has 0 radical (unpaired) electrons. The molecular formula is C19H18ClN3O3. The largest absolute Gasteiger partial charge is 0.346 e. The van der Waals surface area contributed by atoms with Gasteiger partial charge in [-0.05, 0) is 49.7 Å². The molecule has 0 saturated carbocycles. The maximum absolute atomic E-state index is 12.5. The van der Waals surface area contributed by atoms with E-state index in [9.17, 15) is 14.4 Å². The second kappa shape index (κ2) is 7.17. The van der Waals surface area contributed by atoms with Crippen molar-refractivity contribution in [2.24, 2.45) is 0 Å². The maximum Gasteiger partial charge on any atom is 0.316 e. The molecule has 2 N–H and O–H groups in total. The monoisotopic (exact) mass is 371 g/mol. The Morgan fingerprint density at radius 2 is 1.88 bits per heavy atom. The molecule has 0 fully saturated rings. The number of fused-ring (bicyclic) bond motifs is 1. The van der Waals surface area contributed by atoms with E-state index in [2.05, 4.69) is 10.3 Å². The Bertz CT molecular complexity index is 1080. The number of carbonyl (C=O) groups excluding carboxylic acids is 1. The van der Waals surface area contributed by atoms with Crippen LogP contribution in [0.1, 0.15) is 35.8 Å². The minimum atomic E-state index is -0.702. The summed E-state index contributed by atoms with van der Waals surface area (Å²) in [6.07, 6.45) is 0. The molecule has 1 unspecified atom stereocenters. The summed E-state index contributed by atoms with van der Waals surface area (Å²) in [6.45, 7) is 4.03. The van der Waals surface area contributed by atoms with Crippen LogP contribution in [-0.2, 0) is 6.54 Å². The average Bonchev–Trinajstić information content (AvgIpc) is 2.63. The first kappa shape index (κ1) is 17.9. The molecule has 1 aromatic heterocycles. The van der Waals surface area contributed by atoms with Crippen LogP contribution >= 0.6 is 11.6 Å². The predicted octanol–water partition coefficient (Wildman–Crippen LogP) is 2.85. The van der Waals surface area contributed by atoms with Crippen LogP contribution in [0.15, 0.2) is 52.1 Å². The van der Waals surface area contributed by atoms with Gasteiger partial charge < -0.3 is 14.9 Å². The van der Waals surface area contributed by atoms with Crippen LogP contribution in [0, 0.1) is 0 Å². The van der Waals surface area contributed by atoms with E-state index < -0.39 is 11.1 Å². The van der Waals surface area contributed by atoms with Gasteiger partial charge in [0.25, 0.3) is 5.91 Å². The van der Waals surface area contributed by atoms with E-state index >= 15 is 0 Å². The number of carbonyl (C=O) groups is 1. The summed E-state index contributed by atoms with van der Waals surface area (Å²) < 4.78 is 1.38. The van der Waals surface area contributed by atoms with E-state index in [0.29, 0.717) is 28.2 Å². The number of H-pyrrole nitrogens is 1. The molecule has 0 spiro atoms. The molecule has 3 rings (SSSR count). The zero-order valence-electron chi connectivity index (χ0n) is 14.4. The van der Waals surface area contributed by atoms with Gasteiger partial charge in [0.15, 0.2) is 0 Å². The van der Waals surface area contributed by atoms with E-state index in [-0.39, 0.29) is 11.9 Å². The molecule has 0 aliphatic heterocycles. The lowest BCUT2D eigenvalue weighted by Crippen LogP contribution is -2.36. The lowest BCUT2D eigenvalue weighted by molar-refractivity contribution is 0.0940. The zero-order chi connectivity index (χ0) is 18.8. The highest BCUT2D eigenvalue weighted by atomic mass is 35.5. The molecule has 3 aromatic rings. The molecule has 0 aliphatic rings. The number of aromatic nitrogens is 2. The molecule has 2 aromatic carbocycles. The molecule has 134 valence electrons. The van der Waals surface area contributed by atoms with Crippen LogP contribution in [0.4, 0.5) is 0 Å². The summed E-state index contributed by atoms with van der Waals surface area (Å²) in [5.41, 5.74) is 1.05. The van der Waals surface area contributed by atoms with Crippen molar-refractivity contribution in [3.05, 3.63) is 79.3 Å². The zero-order valence-corrected chi connectivity index (χ0v) is 15.1. The Hall–Kier alpha value is -2.86. The Morgan fingerprint density at radius 1 is 1.19 bits per heavy atom. The Morgan fingerprint density at radius 3 is 2.54 bits per heavy atom. The van der Waals surface area contributed by atoms with Crippen LogP contribution in [0.25, 0.3) is 11.0 Å². The van der Waals surface area contributed by atoms with E-state index in [1.165, 1.54) is 4.57 Å². The molecule has 6 nitrogen and oxygen atoms in total. The lowest BCUT2D eigenvalue weighted by Gasteiger charge is -2.15. The highest BCUT2D eigenvalue weighted by Crippen LogP contribution is 2.17. The average molecular weight is 372 g/mol. The third-order valence-corrected chi connectivity index (χ3v) is 4.52. The number of amides is 1. The number of benzene rings is 2. The Balaban J connectivity index is 1.91. The summed E-state index contributed by atoms with van der Waals surface area (Å²) in [6, 6.07) is 11.9. The van der Waals surface area contributed by atoms with Crippen molar-refractivity contribution in [2.45, 2.75) is 26.4 Å². The van der Waals surface area contributed by atoms with Gasteiger partial charge in [-0.25, -0.2) is 0 Å². The minimum absolute atomic E-state index is 0.209. The van der Waals surface area contributed by atoms with Gasteiger partial charge in [0.1, 0.15) is 0 Å². The third kappa shape index (κ3) is 3.41. The maximum atomic E-state index is 12.5. The summed E-state index contributed by atoms with van der Waals surface area (Å²) in [5, 5.41) is 3.54. The van der Waals surface area contributed by atoms with E-state index in [1.54, 1.807) is 37.3 Å². The highest BCUT2D eigenvalue weighted by molar-refractivity contribution is 6.30. The molecular weight excluding hydrogens is 354 g/mol. The summed E-state index contributed by atoms with van der Waals surface area (Å²) in [4.78, 5) is 38.8. The van der Waals surface area contributed by atoms with E-state index in [1.807, 2.05) is 19.1 Å². The van der Waals surface area contributed by atoms with Gasteiger partial charge in [0.2, 0.25) is 0 Å². The first-order valence-corrected chi connectivity index (χ1v) is 8.61. The molecule has 1 amide bonds. The summed E-state index contributed by atoms with van der Waals surface area (Å²) in [7, 11) is 0. The summed E-state index contributed by atoms with van der Waals surface area (Å²) in [5.74, 6) is -0.274. The number of hydrogen-bond donors (Lipinski definition) is 2. The molecule has 0 bridgehead atoms. The number of nitrogens with one attached hydrogen (secondary N) is 2. The molecule has 7 heteroatoms.